The summed E-state index contributed by atoms with van der Waals surface area (Å²) < 4.78 is 28.3. The molecular formula is C19H15F2NO3. The van der Waals surface area contributed by atoms with E-state index in [1.54, 1.807) is 28.8 Å². The Labute approximate surface area is 142 Å². The lowest BCUT2D eigenvalue weighted by Crippen LogP contribution is -2.19. The topological polar surface area (TPSA) is 59.3 Å². The van der Waals surface area contributed by atoms with Crippen LogP contribution in [-0.2, 0) is 24.2 Å². The molecule has 3 rings (SSSR count). The van der Waals surface area contributed by atoms with Gasteiger partial charge in [0.2, 0.25) is 0 Å². The Morgan fingerprint density at radius 3 is 2.52 bits per heavy atom. The fourth-order valence-electron chi connectivity index (χ4n) is 2.90. The molecule has 0 saturated heterocycles. The quantitative estimate of drug-likeness (QED) is 0.774. The van der Waals surface area contributed by atoms with Crippen LogP contribution in [0.2, 0.25) is 0 Å². The molecule has 0 aliphatic carbocycles. The average Bonchev–Trinajstić information content (AvgIpc) is 2.57. The van der Waals surface area contributed by atoms with E-state index in [2.05, 4.69) is 0 Å². The van der Waals surface area contributed by atoms with Gasteiger partial charge in [-0.25, -0.2) is 8.78 Å². The van der Waals surface area contributed by atoms with Crippen LogP contribution in [0.15, 0.2) is 53.3 Å². The van der Waals surface area contributed by atoms with Gasteiger partial charge in [-0.3, -0.25) is 9.59 Å². The van der Waals surface area contributed by atoms with Crippen LogP contribution in [0.5, 0.6) is 0 Å². The second kappa shape index (κ2) is 6.84. The number of aliphatic carboxylic acids is 1. The van der Waals surface area contributed by atoms with Crippen molar-refractivity contribution in [2.24, 2.45) is 0 Å². The zero-order valence-electron chi connectivity index (χ0n) is 13.2. The summed E-state index contributed by atoms with van der Waals surface area (Å²) in [5.41, 5.74) is 1.11. The molecule has 0 aliphatic rings. The molecule has 1 heterocycles. The fraction of sp³-hybridized carbons (Fsp3) is 0.158. The minimum Gasteiger partial charge on any atom is -0.480 e. The lowest BCUT2D eigenvalue weighted by molar-refractivity contribution is -0.137. The third-order valence-corrected chi connectivity index (χ3v) is 4.06. The molecule has 0 spiro atoms. The smallest absolute Gasteiger partial charge is 0.323 e. The van der Waals surface area contributed by atoms with Crippen LogP contribution in [0.4, 0.5) is 8.78 Å². The number of fused-ring (bicyclic) bond motifs is 1. The third kappa shape index (κ3) is 3.57. The van der Waals surface area contributed by atoms with Gasteiger partial charge in [-0.2, -0.15) is 0 Å². The summed E-state index contributed by atoms with van der Waals surface area (Å²) in [6.07, 6.45) is 0.486. The van der Waals surface area contributed by atoms with Crippen LogP contribution < -0.4 is 5.43 Å². The van der Waals surface area contributed by atoms with Crippen LogP contribution in [0.25, 0.3) is 10.9 Å². The molecule has 0 saturated carbocycles. The van der Waals surface area contributed by atoms with Crippen LogP contribution in [0, 0.1) is 11.6 Å². The predicted molar refractivity (Wildman–Crippen MR) is 89.6 cm³/mol. The Balaban J connectivity index is 2.02. The van der Waals surface area contributed by atoms with E-state index in [0.29, 0.717) is 22.2 Å². The van der Waals surface area contributed by atoms with Gasteiger partial charge < -0.3 is 9.67 Å². The SMILES string of the molecule is O=C(O)Cn1c(CCc2ccc(F)cc2F)cc(=O)c2ccccc21. The third-order valence-electron chi connectivity index (χ3n) is 4.06. The maximum atomic E-state index is 13.8. The average molecular weight is 343 g/mol. The summed E-state index contributed by atoms with van der Waals surface area (Å²) >= 11 is 0. The van der Waals surface area contributed by atoms with Crippen molar-refractivity contribution in [2.45, 2.75) is 19.4 Å². The van der Waals surface area contributed by atoms with Crippen LogP contribution in [-0.4, -0.2) is 15.6 Å². The van der Waals surface area contributed by atoms with Gasteiger partial charge in [0.15, 0.2) is 5.43 Å². The van der Waals surface area contributed by atoms with Gasteiger partial charge in [-0.1, -0.05) is 18.2 Å². The normalized spacial score (nSPS) is 11.0. The van der Waals surface area contributed by atoms with Crippen molar-refractivity contribution in [3.05, 3.63) is 81.6 Å². The summed E-state index contributed by atoms with van der Waals surface area (Å²) in [7, 11) is 0. The van der Waals surface area contributed by atoms with Crippen molar-refractivity contribution in [1.29, 1.82) is 0 Å². The zero-order valence-corrected chi connectivity index (χ0v) is 13.2. The number of nitrogens with zero attached hydrogens (tertiary/aromatic N) is 1. The van der Waals surface area contributed by atoms with Crippen molar-refractivity contribution < 1.29 is 18.7 Å². The molecule has 3 aromatic rings. The number of aromatic nitrogens is 1. The Morgan fingerprint density at radius 2 is 1.80 bits per heavy atom. The van der Waals surface area contributed by atoms with E-state index >= 15 is 0 Å². The van der Waals surface area contributed by atoms with E-state index in [1.807, 2.05) is 0 Å². The van der Waals surface area contributed by atoms with Crippen molar-refractivity contribution in [3.8, 4) is 0 Å². The number of pyridine rings is 1. The molecule has 0 radical (unpaired) electrons. The minimum absolute atomic E-state index is 0.216. The van der Waals surface area contributed by atoms with E-state index in [1.165, 1.54) is 18.2 Å². The fourth-order valence-corrected chi connectivity index (χ4v) is 2.90. The van der Waals surface area contributed by atoms with Crippen molar-refractivity contribution >= 4 is 16.9 Å². The summed E-state index contributed by atoms with van der Waals surface area (Å²) in [6, 6.07) is 11.5. The van der Waals surface area contributed by atoms with Crippen LogP contribution in [0.3, 0.4) is 0 Å². The predicted octanol–water partition coefficient (Wildman–Crippen LogP) is 3.15. The molecule has 0 amide bonds. The molecule has 6 heteroatoms. The summed E-state index contributed by atoms with van der Waals surface area (Å²) in [4.78, 5) is 23.5. The van der Waals surface area contributed by atoms with Gasteiger partial charge in [0, 0.05) is 23.2 Å². The highest BCUT2D eigenvalue weighted by Gasteiger charge is 2.12. The molecule has 128 valence electrons. The molecule has 1 N–H and O–H groups in total. The van der Waals surface area contributed by atoms with E-state index in [4.69, 9.17) is 0 Å². The first-order valence-corrected chi connectivity index (χ1v) is 7.73. The van der Waals surface area contributed by atoms with E-state index < -0.39 is 17.6 Å². The number of carboxylic acids is 1. The molecule has 0 bridgehead atoms. The van der Waals surface area contributed by atoms with Gasteiger partial charge in [-0.05, 0) is 36.6 Å². The molecule has 0 fully saturated rings. The van der Waals surface area contributed by atoms with Gasteiger partial charge in [0.1, 0.15) is 18.2 Å². The highest BCUT2D eigenvalue weighted by molar-refractivity contribution is 5.81. The number of benzene rings is 2. The Hall–Kier alpha value is -3.02. The lowest BCUT2D eigenvalue weighted by atomic mass is 10.1. The van der Waals surface area contributed by atoms with E-state index in [9.17, 15) is 23.5 Å². The summed E-state index contributed by atoms with van der Waals surface area (Å²) in [5.74, 6) is -2.36. The monoisotopic (exact) mass is 343 g/mol. The maximum absolute atomic E-state index is 13.8. The number of carboxylic acid groups (broad SMARTS) is 1. The largest absolute Gasteiger partial charge is 0.480 e. The second-order valence-corrected chi connectivity index (χ2v) is 5.73. The first-order valence-electron chi connectivity index (χ1n) is 7.73. The van der Waals surface area contributed by atoms with Crippen LogP contribution >= 0.6 is 0 Å². The number of hydrogen-bond acceptors (Lipinski definition) is 2. The first-order chi connectivity index (χ1) is 12.0. The second-order valence-electron chi connectivity index (χ2n) is 5.73. The standard InChI is InChI=1S/C19H15F2NO3/c20-13-7-5-12(16(21)9-13)6-8-14-10-18(23)15-3-1-2-4-17(15)22(14)11-19(24)25/h1-5,7,9-10H,6,8,11H2,(H,24,25). The minimum atomic E-state index is -1.04. The molecular weight excluding hydrogens is 328 g/mol. The highest BCUT2D eigenvalue weighted by atomic mass is 19.1. The first kappa shape index (κ1) is 16.8. The molecule has 0 unspecified atom stereocenters. The highest BCUT2D eigenvalue weighted by Crippen LogP contribution is 2.17. The van der Waals surface area contributed by atoms with Gasteiger partial charge in [0.05, 0.1) is 5.52 Å². The zero-order chi connectivity index (χ0) is 18.0. The molecule has 0 aliphatic heterocycles. The summed E-state index contributed by atoms with van der Waals surface area (Å²) in [6.45, 7) is -0.304. The Morgan fingerprint density at radius 1 is 1.04 bits per heavy atom. The van der Waals surface area contributed by atoms with Gasteiger partial charge >= 0.3 is 5.97 Å². The van der Waals surface area contributed by atoms with Crippen LogP contribution in [0.1, 0.15) is 11.3 Å². The summed E-state index contributed by atoms with van der Waals surface area (Å²) in [5, 5.41) is 9.61. The number of hydrogen-bond donors (Lipinski definition) is 1. The molecule has 25 heavy (non-hydrogen) atoms. The molecule has 4 nitrogen and oxygen atoms in total. The van der Waals surface area contributed by atoms with E-state index in [0.717, 1.165) is 6.07 Å². The van der Waals surface area contributed by atoms with Crippen molar-refractivity contribution in [1.82, 2.24) is 4.57 Å². The molecule has 0 atom stereocenters. The number of carbonyl (C=O) groups is 1. The van der Waals surface area contributed by atoms with Gasteiger partial charge in [0.25, 0.3) is 0 Å². The maximum Gasteiger partial charge on any atom is 0.323 e. The Bertz CT molecular complexity index is 1010. The lowest BCUT2D eigenvalue weighted by Gasteiger charge is -2.15. The Kier molecular flexibility index (Phi) is 4.61. The van der Waals surface area contributed by atoms with Crippen molar-refractivity contribution in [3.63, 3.8) is 0 Å². The number of aryl methyl sites for hydroxylation is 2. The number of halogens is 2. The molecule has 1 aromatic heterocycles. The van der Waals surface area contributed by atoms with E-state index in [-0.39, 0.29) is 24.8 Å². The van der Waals surface area contributed by atoms with Gasteiger partial charge in [-0.15, -0.1) is 0 Å². The number of rotatable bonds is 5. The van der Waals surface area contributed by atoms with Crippen molar-refractivity contribution in [2.75, 3.05) is 0 Å². The molecule has 2 aromatic carbocycles. The number of para-hydroxylation sites is 1.